The van der Waals surface area contributed by atoms with Crippen molar-refractivity contribution in [2.24, 2.45) is 0 Å². The van der Waals surface area contributed by atoms with Gasteiger partial charge in [-0.3, -0.25) is 0 Å². The van der Waals surface area contributed by atoms with Gasteiger partial charge in [0.2, 0.25) is 11.9 Å². The molecule has 0 amide bonds. The van der Waals surface area contributed by atoms with Gasteiger partial charge in [0.05, 0.1) is 0 Å². The Balaban J connectivity index is 2.11. The molecule has 0 aliphatic heterocycles. The highest BCUT2D eigenvalue weighted by Gasteiger charge is 2.17. The number of hydrogen-bond acceptors (Lipinski definition) is 2. The van der Waals surface area contributed by atoms with Crippen molar-refractivity contribution in [1.29, 1.82) is 0 Å². The first kappa shape index (κ1) is 13.4. The van der Waals surface area contributed by atoms with E-state index in [0.717, 1.165) is 32.8 Å². The Morgan fingerprint density at radius 3 is 2.33 bits per heavy atom. The molecule has 0 saturated heterocycles. The van der Waals surface area contributed by atoms with Gasteiger partial charge in [0.25, 0.3) is 0 Å². The first-order chi connectivity index (χ1) is 10.1. The van der Waals surface area contributed by atoms with Crippen molar-refractivity contribution in [3.8, 4) is 16.9 Å². The van der Waals surface area contributed by atoms with Crippen molar-refractivity contribution in [2.45, 2.75) is 20.8 Å². The van der Waals surface area contributed by atoms with Crippen molar-refractivity contribution in [2.75, 3.05) is 0 Å². The van der Waals surface area contributed by atoms with Crippen LogP contribution in [0.15, 0.2) is 48.7 Å². The van der Waals surface area contributed by atoms with E-state index in [1.165, 1.54) is 4.80 Å². The summed E-state index contributed by atoms with van der Waals surface area (Å²) in [5, 5.41) is 16.8. The van der Waals surface area contributed by atoms with E-state index >= 15 is 0 Å². The second-order valence-corrected chi connectivity index (χ2v) is 5.35. The molecule has 1 heterocycles. The first-order valence-electron chi connectivity index (χ1n) is 6.89. The maximum absolute atomic E-state index is 12.5. The fourth-order valence-corrected chi connectivity index (χ4v) is 2.34. The number of rotatable bonds is 2. The van der Waals surface area contributed by atoms with Crippen LogP contribution >= 0.6 is 0 Å². The number of aromatic nitrogens is 3. The van der Waals surface area contributed by atoms with Gasteiger partial charge in [-0.05, 0) is 49.3 Å². The predicted molar refractivity (Wildman–Crippen MR) is 82.2 cm³/mol. The molecule has 0 saturated carbocycles. The lowest BCUT2D eigenvalue weighted by atomic mass is 10.0. The van der Waals surface area contributed by atoms with Crippen LogP contribution in [0.3, 0.4) is 0 Å². The van der Waals surface area contributed by atoms with Crippen LogP contribution in [-0.4, -0.2) is 9.90 Å². The molecule has 3 rings (SSSR count). The van der Waals surface area contributed by atoms with Crippen LogP contribution in [0.2, 0.25) is 0 Å². The van der Waals surface area contributed by atoms with Crippen LogP contribution in [0.5, 0.6) is 0 Å². The third-order valence-corrected chi connectivity index (χ3v) is 3.60. The van der Waals surface area contributed by atoms with Crippen molar-refractivity contribution in [3.05, 3.63) is 70.6 Å². The molecule has 4 heteroatoms. The molecular weight excluding hydrogens is 262 g/mol. The summed E-state index contributed by atoms with van der Waals surface area (Å²) < 4.78 is 0. The van der Waals surface area contributed by atoms with E-state index < -0.39 is 0 Å². The third-order valence-electron chi connectivity index (χ3n) is 3.60. The molecule has 0 aliphatic carbocycles. The maximum atomic E-state index is 12.5. The van der Waals surface area contributed by atoms with Gasteiger partial charge in [0.15, 0.2) is 0 Å². The van der Waals surface area contributed by atoms with E-state index in [1.54, 1.807) is 6.20 Å². The monoisotopic (exact) mass is 279 g/mol. The van der Waals surface area contributed by atoms with Gasteiger partial charge in [0, 0.05) is 10.7 Å². The fraction of sp³-hybridized carbons (Fsp3) is 0.176. The van der Waals surface area contributed by atoms with Crippen LogP contribution in [-0.2, 0) is 0 Å². The number of benzene rings is 2. The molecule has 1 aromatic heterocycles. The van der Waals surface area contributed by atoms with E-state index in [-0.39, 0.29) is 0 Å². The lowest BCUT2D eigenvalue weighted by Crippen LogP contribution is -2.38. The van der Waals surface area contributed by atoms with Crippen molar-refractivity contribution in [1.82, 2.24) is 9.90 Å². The Hall–Kier alpha value is -2.62. The number of hydrogen-bond donors (Lipinski definition) is 0. The van der Waals surface area contributed by atoms with E-state index in [0.29, 0.717) is 5.69 Å². The number of aryl methyl sites for hydroxylation is 3. The average molecular weight is 279 g/mol. The minimum atomic E-state index is 0.566. The first-order valence-corrected chi connectivity index (χ1v) is 6.89. The van der Waals surface area contributed by atoms with E-state index in [1.807, 2.05) is 63.2 Å². The maximum Gasteiger partial charge on any atom is 0.215 e. The topological polar surface area (TPSA) is 44.8 Å². The standard InChI is InChI=1S/C17H17N3O/c1-12-5-8-15(9-6-12)19-18-11-17(20(19)21)16-10-13(2)4-7-14(16)3/h4-11H,1-3H3. The van der Waals surface area contributed by atoms with E-state index in [4.69, 9.17) is 0 Å². The highest BCUT2D eigenvalue weighted by Crippen LogP contribution is 2.21. The molecule has 0 fully saturated rings. The Kier molecular flexibility index (Phi) is 3.22. The molecule has 0 radical (unpaired) electrons. The highest BCUT2D eigenvalue weighted by atomic mass is 16.5. The lowest BCUT2D eigenvalue weighted by molar-refractivity contribution is -0.678. The van der Waals surface area contributed by atoms with Gasteiger partial charge in [-0.25, -0.2) is 0 Å². The zero-order valence-corrected chi connectivity index (χ0v) is 12.4. The fourth-order valence-electron chi connectivity index (χ4n) is 2.34. The van der Waals surface area contributed by atoms with Crippen LogP contribution in [0.4, 0.5) is 0 Å². The molecule has 3 aromatic rings. The summed E-state index contributed by atoms with van der Waals surface area (Å²) >= 11 is 0. The molecule has 106 valence electrons. The van der Waals surface area contributed by atoms with Gasteiger partial charge in [-0.15, -0.1) is 4.85 Å². The Bertz CT molecular complexity index is 788. The minimum Gasteiger partial charge on any atom is -0.692 e. The Morgan fingerprint density at radius 1 is 0.952 bits per heavy atom. The van der Waals surface area contributed by atoms with Crippen molar-refractivity contribution in [3.63, 3.8) is 0 Å². The zero-order chi connectivity index (χ0) is 15.0. The molecule has 0 atom stereocenters. The summed E-state index contributed by atoms with van der Waals surface area (Å²) in [6.45, 7) is 6.03. The van der Waals surface area contributed by atoms with Crippen molar-refractivity contribution < 1.29 is 4.85 Å². The average Bonchev–Trinajstić information content (AvgIpc) is 2.84. The number of nitrogens with zero attached hydrogens (tertiary/aromatic N) is 3. The van der Waals surface area contributed by atoms with Gasteiger partial charge >= 0.3 is 0 Å². The molecule has 21 heavy (non-hydrogen) atoms. The summed E-state index contributed by atoms with van der Waals surface area (Å²) in [5.74, 6) is 0. The van der Waals surface area contributed by atoms with Crippen LogP contribution < -0.4 is 4.85 Å². The molecule has 0 bridgehead atoms. The molecule has 0 unspecified atom stereocenters. The predicted octanol–water partition coefficient (Wildman–Crippen LogP) is 3.10. The second kappa shape index (κ2) is 5.05. The van der Waals surface area contributed by atoms with Gasteiger partial charge < -0.3 is 5.21 Å². The van der Waals surface area contributed by atoms with Gasteiger partial charge in [-0.1, -0.05) is 35.4 Å². The van der Waals surface area contributed by atoms with Crippen LogP contribution in [0.1, 0.15) is 16.7 Å². The second-order valence-electron chi connectivity index (χ2n) is 5.35. The van der Waals surface area contributed by atoms with Gasteiger partial charge in [0.1, 0.15) is 5.69 Å². The largest absolute Gasteiger partial charge is 0.692 e. The van der Waals surface area contributed by atoms with E-state index in [2.05, 4.69) is 5.10 Å². The molecular formula is C17H17N3O. The molecule has 0 spiro atoms. The molecule has 4 nitrogen and oxygen atoms in total. The van der Waals surface area contributed by atoms with E-state index in [9.17, 15) is 5.21 Å². The summed E-state index contributed by atoms with van der Waals surface area (Å²) in [6, 6.07) is 13.8. The zero-order valence-electron chi connectivity index (χ0n) is 12.4. The summed E-state index contributed by atoms with van der Waals surface area (Å²) in [5.41, 5.74) is 5.58. The van der Waals surface area contributed by atoms with Gasteiger partial charge in [-0.2, -0.15) is 0 Å². The van der Waals surface area contributed by atoms with Crippen molar-refractivity contribution >= 4 is 0 Å². The minimum absolute atomic E-state index is 0.566. The molecule has 0 N–H and O–H groups in total. The molecule has 0 aliphatic rings. The summed E-state index contributed by atoms with van der Waals surface area (Å²) in [4.78, 5) is 2.21. The quantitative estimate of drug-likeness (QED) is 0.534. The summed E-state index contributed by atoms with van der Waals surface area (Å²) in [7, 11) is 0. The highest BCUT2D eigenvalue weighted by molar-refractivity contribution is 5.61. The summed E-state index contributed by atoms with van der Waals surface area (Å²) in [6.07, 6.45) is 1.62. The lowest BCUT2D eigenvalue weighted by Gasteiger charge is -2.09. The normalized spacial score (nSPS) is 10.8. The van der Waals surface area contributed by atoms with Crippen LogP contribution in [0, 0.1) is 26.0 Å². The molecule has 2 aromatic carbocycles. The Morgan fingerprint density at radius 2 is 1.62 bits per heavy atom. The SMILES string of the molecule is Cc1ccc(-n2ncc(-c3cc(C)ccc3C)[n+]2[O-])cc1. The van der Waals surface area contributed by atoms with Crippen LogP contribution in [0.25, 0.3) is 16.9 Å². The Labute approximate surface area is 123 Å². The smallest absolute Gasteiger partial charge is 0.215 e. The third kappa shape index (κ3) is 2.40.